The molecule has 1 fully saturated rings. The van der Waals surface area contributed by atoms with E-state index in [0.29, 0.717) is 30.6 Å². The molecule has 0 radical (unpaired) electrons. The van der Waals surface area contributed by atoms with Gasteiger partial charge in [-0.3, -0.25) is 9.78 Å². The Labute approximate surface area is 216 Å². The third-order valence-corrected chi connectivity index (χ3v) is 7.21. The lowest BCUT2D eigenvalue weighted by molar-refractivity contribution is 0.0950. The van der Waals surface area contributed by atoms with Crippen LogP contribution in [0.2, 0.25) is 0 Å². The molecule has 4 aromatic rings. The second-order valence-electron chi connectivity index (χ2n) is 10.4. The lowest BCUT2D eigenvalue weighted by atomic mass is 9.92. The number of nitrogens with zero attached hydrogens (tertiary/aromatic N) is 4. The summed E-state index contributed by atoms with van der Waals surface area (Å²) < 4.78 is 5.59. The number of fused-ring (bicyclic) bond motifs is 2. The second-order valence-corrected chi connectivity index (χ2v) is 10.4. The van der Waals surface area contributed by atoms with E-state index in [-0.39, 0.29) is 5.91 Å². The third-order valence-electron chi connectivity index (χ3n) is 7.21. The molecule has 188 valence electrons. The van der Waals surface area contributed by atoms with Crippen molar-refractivity contribution in [2.75, 3.05) is 24.6 Å². The van der Waals surface area contributed by atoms with Crippen LogP contribution in [0.15, 0.2) is 60.8 Å². The normalized spacial score (nSPS) is 18.9. The first-order valence-corrected chi connectivity index (χ1v) is 13.0. The van der Waals surface area contributed by atoms with E-state index in [0.717, 1.165) is 64.6 Å². The predicted molar refractivity (Wildman–Crippen MR) is 145 cm³/mol. The summed E-state index contributed by atoms with van der Waals surface area (Å²) >= 11 is 0. The largest absolute Gasteiger partial charge is 0.493 e. The van der Waals surface area contributed by atoms with Crippen LogP contribution in [-0.4, -0.2) is 40.6 Å². The van der Waals surface area contributed by atoms with Crippen LogP contribution in [0.5, 0.6) is 5.75 Å². The highest BCUT2D eigenvalue weighted by atomic mass is 16.5. The van der Waals surface area contributed by atoms with Crippen LogP contribution in [0.25, 0.3) is 22.3 Å². The highest BCUT2D eigenvalue weighted by molar-refractivity contribution is 5.94. The number of carbonyl (C=O) groups is 1. The number of pyridine rings is 3. The Kier molecular flexibility index (Phi) is 6.20. The Morgan fingerprint density at radius 2 is 1.86 bits per heavy atom. The fraction of sp³-hybridized carbons (Fsp3) is 0.333. The average Bonchev–Trinajstić information content (AvgIpc) is 3.39. The van der Waals surface area contributed by atoms with Gasteiger partial charge in [-0.15, -0.1) is 0 Å². The monoisotopic (exact) mass is 493 g/mol. The number of anilines is 1. The summed E-state index contributed by atoms with van der Waals surface area (Å²) in [5.74, 6) is 2.98. The van der Waals surface area contributed by atoms with Gasteiger partial charge in [-0.25, -0.2) is 9.97 Å². The van der Waals surface area contributed by atoms with Gasteiger partial charge >= 0.3 is 0 Å². The molecule has 0 spiro atoms. The number of amides is 1. The molecule has 0 aliphatic carbocycles. The Bertz CT molecular complexity index is 1460. The molecule has 5 heterocycles. The van der Waals surface area contributed by atoms with Crippen molar-refractivity contribution >= 4 is 22.6 Å². The van der Waals surface area contributed by atoms with Crippen LogP contribution < -0.4 is 15.0 Å². The predicted octanol–water partition coefficient (Wildman–Crippen LogP) is 5.04. The number of carbonyl (C=O) groups excluding carboxylic acids is 1. The molecule has 2 aliphatic rings. The van der Waals surface area contributed by atoms with Crippen molar-refractivity contribution in [2.45, 2.75) is 33.2 Å². The minimum atomic E-state index is -0.149. The van der Waals surface area contributed by atoms with Gasteiger partial charge in [-0.2, -0.15) is 0 Å². The molecule has 2 aliphatic heterocycles. The highest BCUT2D eigenvalue weighted by Gasteiger charge is 2.23. The van der Waals surface area contributed by atoms with Gasteiger partial charge in [0.2, 0.25) is 0 Å². The molecule has 0 bridgehead atoms. The average molecular weight is 494 g/mol. The highest BCUT2D eigenvalue weighted by Crippen LogP contribution is 2.28. The zero-order valence-electron chi connectivity index (χ0n) is 21.3. The topological polar surface area (TPSA) is 80.2 Å². The lowest BCUT2D eigenvalue weighted by Crippen LogP contribution is -2.39. The zero-order valence-corrected chi connectivity index (χ0v) is 21.3. The van der Waals surface area contributed by atoms with E-state index >= 15 is 0 Å². The summed E-state index contributed by atoms with van der Waals surface area (Å²) in [4.78, 5) is 29.5. The number of hydrogen-bond donors (Lipinski definition) is 1. The molecule has 0 unspecified atom stereocenters. The number of hydrogen-bond acceptors (Lipinski definition) is 6. The van der Waals surface area contributed by atoms with Crippen LogP contribution in [0.4, 0.5) is 5.82 Å². The van der Waals surface area contributed by atoms with Crippen molar-refractivity contribution in [3.05, 3.63) is 77.6 Å². The van der Waals surface area contributed by atoms with Gasteiger partial charge in [0.25, 0.3) is 5.91 Å². The Morgan fingerprint density at radius 1 is 1.03 bits per heavy atom. The summed E-state index contributed by atoms with van der Waals surface area (Å²) in [6.45, 7) is 7.68. The molecule has 7 nitrogen and oxygen atoms in total. The molecular formula is C30H31N5O2. The minimum absolute atomic E-state index is 0.149. The van der Waals surface area contributed by atoms with Gasteiger partial charge in [0.15, 0.2) is 0 Å². The van der Waals surface area contributed by atoms with E-state index in [2.05, 4.69) is 41.2 Å². The molecule has 3 aromatic heterocycles. The fourth-order valence-electron chi connectivity index (χ4n) is 5.47. The number of benzene rings is 1. The third kappa shape index (κ3) is 4.99. The summed E-state index contributed by atoms with van der Waals surface area (Å²) in [7, 11) is 0. The molecule has 1 amide bonds. The lowest BCUT2D eigenvalue weighted by Gasteiger charge is -2.35. The fourth-order valence-corrected chi connectivity index (χ4v) is 5.47. The maximum Gasteiger partial charge on any atom is 0.251 e. The molecule has 1 saturated heterocycles. The Hall–Kier alpha value is -4.00. The number of rotatable bonds is 5. The van der Waals surface area contributed by atoms with Crippen molar-refractivity contribution in [1.82, 2.24) is 20.3 Å². The van der Waals surface area contributed by atoms with Crippen LogP contribution in [-0.2, 0) is 13.0 Å². The molecular weight excluding hydrogens is 462 g/mol. The summed E-state index contributed by atoms with van der Waals surface area (Å²) in [6.07, 6.45) is 3.96. The zero-order chi connectivity index (χ0) is 25.4. The van der Waals surface area contributed by atoms with Gasteiger partial charge in [0.1, 0.15) is 11.6 Å². The molecule has 2 atom stereocenters. The van der Waals surface area contributed by atoms with Gasteiger partial charge in [0.05, 0.1) is 35.8 Å². The van der Waals surface area contributed by atoms with Crippen LogP contribution in [0.3, 0.4) is 0 Å². The van der Waals surface area contributed by atoms with Crippen LogP contribution >= 0.6 is 0 Å². The molecule has 1 N–H and O–H groups in total. The van der Waals surface area contributed by atoms with Crippen molar-refractivity contribution in [1.29, 1.82) is 0 Å². The number of piperidine rings is 1. The first-order valence-electron chi connectivity index (χ1n) is 13.0. The van der Waals surface area contributed by atoms with E-state index in [1.807, 2.05) is 42.5 Å². The standard InChI is InChI=1S/C30H31N5O2/c1-19-12-20(2)18-35(17-19)29-5-3-4-25(34-29)26-9-8-23-15-31-24(14-27(23)33-26)16-32-30(36)22-7-6-21-10-11-37-28(21)13-22/h3-9,13-15,19-20H,10-12,16-18H2,1-2H3,(H,32,36)/t19-,20+. The quantitative estimate of drug-likeness (QED) is 0.420. The second kappa shape index (κ2) is 9.81. The summed E-state index contributed by atoms with van der Waals surface area (Å²) in [5.41, 5.74) is 5.00. The van der Waals surface area contributed by atoms with E-state index in [1.165, 1.54) is 6.42 Å². The van der Waals surface area contributed by atoms with E-state index in [1.54, 1.807) is 6.20 Å². The first kappa shape index (κ1) is 23.4. The van der Waals surface area contributed by atoms with Crippen molar-refractivity contribution in [3.8, 4) is 17.1 Å². The Balaban J connectivity index is 1.19. The maximum absolute atomic E-state index is 12.7. The first-order chi connectivity index (χ1) is 18.0. The Morgan fingerprint density at radius 3 is 2.73 bits per heavy atom. The SMILES string of the molecule is C[C@@H]1C[C@H](C)CN(c2cccc(-c3ccc4cnc(CNC(=O)c5ccc6c(c5)OCC6)cc4n3)n2)C1. The van der Waals surface area contributed by atoms with Gasteiger partial charge in [-0.1, -0.05) is 26.0 Å². The molecule has 37 heavy (non-hydrogen) atoms. The summed E-state index contributed by atoms with van der Waals surface area (Å²) in [6, 6.07) is 17.7. The van der Waals surface area contributed by atoms with Gasteiger partial charge in [0, 0.05) is 36.7 Å². The number of ether oxygens (including phenoxy) is 1. The van der Waals surface area contributed by atoms with E-state index in [9.17, 15) is 4.79 Å². The molecule has 1 aromatic carbocycles. The van der Waals surface area contributed by atoms with Crippen LogP contribution in [0.1, 0.15) is 41.9 Å². The van der Waals surface area contributed by atoms with Gasteiger partial charge in [-0.05, 0) is 66.3 Å². The maximum atomic E-state index is 12.7. The molecule has 0 saturated carbocycles. The van der Waals surface area contributed by atoms with E-state index in [4.69, 9.17) is 14.7 Å². The number of nitrogens with one attached hydrogen (secondary N) is 1. The van der Waals surface area contributed by atoms with Gasteiger partial charge < -0.3 is 15.0 Å². The van der Waals surface area contributed by atoms with Crippen molar-refractivity contribution < 1.29 is 9.53 Å². The smallest absolute Gasteiger partial charge is 0.251 e. The van der Waals surface area contributed by atoms with Crippen molar-refractivity contribution in [2.24, 2.45) is 11.8 Å². The minimum Gasteiger partial charge on any atom is -0.493 e. The van der Waals surface area contributed by atoms with Crippen molar-refractivity contribution in [3.63, 3.8) is 0 Å². The summed E-state index contributed by atoms with van der Waals surface area (Å²) in [5, 5.41) is 3.91. The molecule has 7 heteroatoms. The number of aromatic nitrogens is 3. The van der Waals surface area contributed by atoms with E-state index < -0.39 is 0 Å². The molecule has 6 rings (SSSR count). The van der Waals surface area contributed by atoms with Crippen LogP contribution in [0, 0.1) is 11.8 Å².